The Morgan fingerprint density at radius 2 is 1.95 bits per heavy atom. The van der Waals surface area contributed by atoms with Gasteiger partial charge in [0.25, 0.3) is 0 Å². The molecule has 0 saturated carbocycles. The summed E-state index contributed by atoms with van der Waals surface area (Å²) >= 11 is 9.55. The summed E-state index contributed by atoms with van der Waals surface area (Å²) in [5.74, 6) is 0.439. The number of ether oxygens (including phenoxy) is 1. The van der Waals surface area contributed by atoms with Gasteiger partial charge in [-0.05, 0) is 59.1 Å². The molecule has 2 aromatic carbocycles. The fourth-order valence-corrected chi connectivity index (χ4v) is 2.77. The van der Waals surface area contributed by atoms with E-state index >= 15 is 0 Å². The highest BCUT2D eigenvalue weighted by Crippen LogP contribution is 2.32. The average molecular weight is 354 g/mol. The quantitative estimate of drug-likeness (QED) is 0.729. The van der Waals surface area contributed by atoms with Gasteiger partial charge in [-0.15, -0.1) is 0 Å². The Bertz CT molecular complexity index is 680. The second kappa shape index (κ2) is 5.98. The minimum atomic E-state index is -0.134. The molecule has 0 fully saturated rings. The highest BCUT2D eigenvalue weighted by atomic mass is 79.9. The average Bonchev–Trinajstić information content (AvgIpc) is 2.40. The van der Waals surface area contributed by atoms with E-state index in [1.54, 1.807) is 25.3 Å². The molecular weight excluding hydrogens is 340 g/mol. The second-order valence-corrected chi connectivity index (χ2v) is 5.82. The molecule has 104 valence electrons. The number of ketones is 1. The van der Waals surface area contributed by atoms with Gasteiger partial charge in [0.05, 0.1) is 17.7 Å². The Hall–Kier alpha value is -1.32. The Morgan fingerprint density at radius 1 is 1.25 bits per heavy atom. The molecule has 0 atom stereocenters. The first kappa shape index (κ1) is 15.1. The van der Waals surface area contributed by atoms with Crippen molar-refractivity contribution in [1.82, 2.24) is 0 Å². The van der Waals surface area contributed by atoms with Crippen molar-refractivity contribution in [2.45, 2.75) is 13.8 Å². The lowest BCUT2D eigenvalue weighted by atomic mass is 9.96. The van der Waals surface area contributed by atoms with Crippen molar-refractivity contribution < 1.29 is 9.53 Å². The van der Waals surface area contributed by atoms with Crippen LogP contribution >= 0.6 is 27.5 Å². The molecule has 2 nitrogen and oxygen atoms in total. The fourth-order valence-electron chi connectivity index (χ4n) is 2.19. The van der Waals surface area contributed by atoms with E-state index in [9.17, 15) is 4.79 Å². The van der Waals surface area contributed by atoms with Crippen molar-refractivity contribution in [2.75, 3.05) is 7.11 Å². The lowest BCUT2D eigenvalue weighted by Crippen LogP contribution is -2.07. The Morgan fingerprint density at radius 3 is 2.60 bits per heavy atom. The van der Waals surface area contributed by atoms with Gasteiger partial charge in [0.1, 0.15) is 5.75 Å². The van der Waals surface area contributed by atoms with Gasteiger partial charge in [0.2, 0.25) is 0 Å². The monoisotopic (exact) mass is 352 g/mol. The third-order valence-electron chi connectivity index (χ3n) is 3.09. The summed E-state index contributed by atoms with van der Waals surface area (Å²) < 4.78 is 6.05. The van der Waals surface area contributed by atoms with Crippen molar-refractivity contribution >= 4 is 33.3 Å². The van der Waals surface area contributed by atoms with E-state index in [0.29, 0.717) is 26.4 Å². The Balaban J connectivity index is 2.62. The van der Waals surface area contributed by atoms with Crippen LogP contribution in [0.2, 0.25) is 5.02 Å². The van der Waals surface area contributed by atoms with Gasteiger partial charge < -0.3 is 4.74 Å². The first-order chi connectivity index (χ1) is 9.45. The second-order valence-electron chi connectivity index (χ2n) is 4.59. The van der Waals surface area contributed by atoms with Crippen LogP contribution in [0.15, 0.2) is 34.8 Å². The molecule has 0 saturated heterocycles. The van der Waals surface area contributed by atoms with E-state index in [-0.39, 0.29) is 5.78 Å². The van der Waals surface area contributed by atoms with Gasteiger partial charge >= 0.3 is 0 Å². The largest absolute Gasteiger partial charge is 0.496 e. The summed E-state index contributed by atoms with van der Waals surface area (Å²) in [5.41, 5.74) is 2.95. The van der Waals surface area contributed by atoms with Gasteiger partial charge in [0.15, 0.2) is 5.78 Å². The Labute approximate surface area is 131 Å². The number of aryl methyl sites for hydroxylation is 2. The summed E-state index contributed by atoms with van der Waals surface area (Å²) in [6.45, 7) is 3.87. The van der Waals surface area contributed by atoms with Crippen LogP contribution in [0.1, 0.15) is 27.0 Å². The molecule has 2 rings (SSSR count). The maximum atomic E-state index is 12.7. The molecule has 20 heavy (non-hydrogen) atoms. The van der Waals surface area contributed by atoms with Crippen molar-refractivity contribution in [3.8, 4) is 5.75 Å². The van der Waals surface area contributed by atoms with E-state index < -0.39 is 0 Å². The summed E-state index contributed by atoms with van der Waals surface area (Å²) in [6.07, 6.45) is 0. The first-order valence-corrected chi connectivity index (χ1v) is 7.26. The van der Waals surface area contributed by atoms with Crippen LogP contribution in [-0.2, 0) is 0 Å². The van der Waals surface area contributed by atoms with Crippen molar-refractivity contribution in [1.29, 1.82) is 0 Å². The van der Waals surface area contributed by atoms with Crippen molar-refractivity contribution in [3.63, 3.8) is 0 Å². The number of benzene rings is 2. The molecular formula is C16H14BrClO2. The summed E-state index contributed by atoms with van der Waals surface area (Å²) in [4.78, 5) is 12.7. The molecule has 2 aromatic rings. The molecule has 0 aliphatic carbocycles. The van der Waals surface area contributed by atoms with E-state index in [1.807, 2.05) is 26.0 Å². The van der Waals surface area contributed by atoms with E-state index in [1.165, 1.54) is 0 Å². The summed E-state index contributed by atoms with van der Waals surface area (Å²) in [6, 6.07) is 9.12. The number of carbonyl (C=O) groups excluding carboxylic acids is 1. The topological polar surface area (TPSA) is 26.3 Å². The van der Waals surface area contributed by atoms with Crippen LogP contribution in [0.4, 0.5) is 0 Å². The van der Waals surface area contributed by atoms with E-state index in [2.05, 4.69) is 15.9 Å². The van der Waals surface area contributed by atoms with E-state index in [4.69, 9.17) is 16.3 Å². The molecule has 0 unspecified atom stereocenters. The molecule has 0 aliphatic heterocycles. The van der Waals surface area contributed by atoms with Crippen LogP contribution in [0, 0.1) is 13.8 Å². The van der Waals surface area contributed by atoms with Crippen molar-refractivity contribution in [2.24, 2.45) is 0 Å². The smallest absolute Gasteiger partial charge is 0.198 e. The third kappa shape index (κ3) is 2.74. The maximum absolute atomic E-state index is 12.7. The van der Waals surface area contributed by atoms with Gasteiger partial charge in [-0.1, -0.05) is 23.7 Å². The van der Waals surface area contributed by atoms with Gasteiger partial charge in [-0.2, -0.15) is 0 Å². The zero-order valence-corrected chi connectivity index (χ0v) is 13.8. The highest BCUT2D eigenvalue weighted by molar-refractivity contribution is 9.10. The lowest BCUT2D eigenvalue weighted by molar-refractivity contribution is 0.103. The lowest BCUT2D eigenvalue weighted by Gasteiger charge is -2.13. The van der Waals surface area contributed by atoms with Gasteiger partial charge in [0, 0.05) is 10.0 Å². The predicted molar refractivity (Wildman–Crippen MR) is 85.1 cm³/mol. The predicted octanol–water partition coefficient (Wildman–Crippen LogP) is 4.96. The minimum absolute atomic E-state index is 0.134. The third-order valence-corrected chi connectivity index (χ3v) is 4.38. The maximum Gasteiger partial charge on any atom is 0.198 e. The number of hydrogen-bond acceptors (Lipinski definition) is 2. The molecule has 0 spiro atoms. The van der Waals surface area contributed by atoms with Crippen LogP contribution in [0.5, 0.6) is 5.75 Å². The molecule has 0 amide bonds. The SMILES string of the molecule is COc1cc(C)cc(C)c1C(=O)c1cccc(Br)c1Cl. The summed E-state index contributed by atoms with van der Waals surface area (Å²) in [5, 5.41) is 0.416. The molecule has 0 radical (unpaired) electrons. The molecule has 0 bridgehead atoms. The molecule has 0 aromatic heterocycles. The van der Waals surface area contributed by atoms with E-state index in [0.717, 1.165) is 11.1 Å². The number of hydrogen-bond donors (Lipinski definition) is 0. The summed E-state index contributed by atoms with van der Waals surface area (Å²) in [7, 11) is 1.56. The minimum Gasteiger partial charge on any atom is -0.496 e. The van der Waals surface area contributed by atoms with Crippen LogP contribution in [-0.4, -0.2) is 12.9 Å². The zero-order chi connectivity index (χ0) is 14.9. The number of rotatable bonds is 3. The van der Waals surface area contributed by atoms with Crippen LogP contribution < -0.4 is 4.74 Å². The molecule has 0 aliphatic rings. The normalized spacial score (nSPS) is 10.4. The van der Waals surface area contributed by atoms with Gasteiger partial charge in [-0.25, -0.2) is 0 Å². The van der Waals surface area contributed by atoms with Gasteiger partial charge in [-0.3, -0.25) is 4.79 Å². The Kier molecular flexibility index (Phi) is 4.51. The van der Waals surface area contributed by atoms with Crippen molar-refractivity contribution in [3.05, 3.63) is 62.1 Å². The zero-order valence-electron chi connectivity index (χ0n) is 11.5. The number of halogens is 2. The van der Waals surface area contributed by atoms with Crippen LogP contribution in [0.3, 0.4) is 0 Å². The number of carbonyl (C=O) groups is 1. The fraction of sp³-hybridized carbons (Fsp3) is 0.188. The molecule has 4 heteroatoms. The molecule has 0 heterocycles. The highest BCUT2D eigenvalue weighted by Gasteiger charge is 2.20. The van der Waals surface area contributed by atoms with Crippen LogP contribution in [0.25, 0.3) is 0 Å². The standard InChI is InChI=1S/C16H14BrClO2/c1-9-7-10(2)14(13(8-9)20-3)16(19)11-5-4-6-12(17)15(11)18/h4-8H,1-3H3. The number of methoxy groups -OCH3 is 1. The molecule has 0 N–H and O–H groups in total. The first-order valence-electron chi connectivity index (χ1n) is 6.09.